The van der Waals surface area contributed by atoms with Gasteiger partial charge in [0.25, 0.3) is 0 Å². The molecule has 0 aromatic heterocycles. The van der Waals surface area contributed by atoms with Gasteiger partial charge in [0.05, 0.1) is 29.9 Å². The second kappa shape index (κ2) is 9.13. The van der Waals surface area contributed by atoms with Gasteiger partial charge in [-0.05, 0) is 53.7 Å². The van der Waals surface area contributed by atoms with E-state index in [4.69, 9.17) is 18.9 Å². The van der Waals surface area contributed by atoms with E-state index in [1.165, 1.54) is 0 Å². The second-order valence-electron chi connectivity index (χ2n) is 5.42. The van der Waals surface area contributed by atoms with E-state index in [0.717, 1.165) is 32.3 Å². The molecule has 0 aliphatic carbocycles. The molecule has 1 fully saturated rings. The van der Waals surface area contributed by atoms with Gasteiger partial charge in [0.1, 0.15) is 6.61 Å². The van der Waals surface area contributed by atoms with E-state index in [1.807, 2.05) is 6.92 Å². The van der Waals surface area contributed by atoms with Crippen LogP contribution < -0.4 is 9.47 Å². The molecule has 5 nitrogen and oxygen atoms in total. The summed E-state index contributed by atoms with van der Waals surface area (Å²) in [4.78, 5) is 12.2. The van der Waals surface area contributed by atoms with Crippen molar-refractivity contribution in [3.8, 4) is 11.5 Å². The van der Waals surface area contributed by atoms with Crippen LogP contribution in [-0.4, -0.2) is 39.0 Å². The van der Waals surface area contributed by atoms with Crippen molar-refractivity contribution in [1.82, 2.24) is 0 Å². The number of hydrogen-bond donors (Lipinski definition) is 0. The number of carbonyl (C=O) groups excluding carboxylic acids is 1. The SMILES string of the molecule is CCCOc1c(Br)cc(C(=O)OCC2CCCCO2)cc1OC. The predicted octanol–water partition coefficient (Wildman–Crippen LogP) is 3.97. The number of hydrogen-bond acceptors (Lipinski definition) is 5. The molecule has 1 aliphatic heterocycles. The van der Waals surface area contributed by atoms with E-state index in [-0.39, 0.29) is 18.7 Å². The molecule has 0 radical (unpaired) electrons. The summed E-state index contributed by atoms with van der Waals surface area (Å²) in [5.74, 6) is 0.718. The van der Waals surface area contributed by atoms with E-state index >= 15 is 0 Å². The number of carbonyl (C=O) groups is 1. The lowest BCUT2D eigenvalue weighted by atomic mass is 10.1. The average molecular weight is 387 g/mol. The number of methoxy groups -OCH3 is 1. The molecule has 1 aromatic carbocycles. The van der Waals surface area contributed by atoms with Crippen LogP contribution in [0.3, 0.4) is 0 Å². The number of esters is 1. The van der Waals surface area contributed by atoms with Crippen molar-refractivity contribution in [1.29, 1.82) is 0 Å². The lowest BCUT2D eigenvalue weighted by Crippen LogP contribution is -2.26. The summed E-state index contributed by atoms with van der Waals surface area (Å²) in [6, 6.07) is 3.33. The first-order valence-corrected chi connectivity index (χ1v) is 8.74. The van der Waals surface area contributed by atoms with Crippen LogP contribution in [-0.2, 0) is 9.47 Å². The van der Waals surface area contributed by atoms with Crippen LogP contribution in [0.5, 0.6) is 11.5 Å². The smallest absolute Gasteiger partial charge is 0.338 e. The van der Waals surface area contributed by atoms with E-state index < -0.39 is 0 Å². The molecule has 23 heavy (non-hydrogen) atoms. The summed E-state index contributed by atoms with van der Waals surface area (Å²) in [5, 5.41) is 0. The Kier molecular flexibility index (Phi) is 7.17. The lowest BCUT2D eigenvalue weighted by Gasteiger charge is -2.22. The van der Waals surface area contributed by atoms with E-state index in [1.54, 1.807) is 19.2 Å². The Labute approximate surface area is 145 Å². The Morgan fingerprint density at radius 2 is 2.22 bits per heavy atom. The molecule has 0 N–H and O–H groups in total. The average Bonchev–Trinajstić information content (AvgIpc) is 2.58. The molecule has 2 rings (SSSR count). The van der Waals surface area contributed by atoms with Gasteiger partial charge in [0.15, 0.2) is 11.5 Å². The van der Waals surface area contributed by atoms with Crippen LogP contribution in [0.2, 0.25) is 0 Å². The van der Waals surface area contributed by atoms with Crippen molar-refractivity contribution in [2.45, 2.75) is 38.7 Å². The van der Waals surface area contributed by atoms with Crippen LogP contribution in [0.25, 0.3) is 0 Å². The standard InChI is InChI=1S/C17H23BrO5/c1-3-7-22-16-14(18)9-12(10-15(16)20-2)17(19)23-11-13-6-4-5-8-21-13/h9-10,13H,3-8,11H2,1-2H3. The van der Waals surface area contributed by atoms with E-state index in [0.29, 0.717) is 28.1 Å². The first-order chi connectivity index (χ1) is 11.2. The number of ether oxygens (including phenoxy) is 4. The molecule has 1 unspecified atom stereocenters. The van der Waals surface area contributed by atoms with Gasteiger partial charge >= 0.3 is 5.97 Å². The number of benzene rings is 1. The molecule has 1 atom stereocenters. The van der Waals surface area contributed by atoms with Crippen molar-refractivity contribution in [2.75, 3.05) is 26.9 Å². The first kappa shape index (κ1) is 18.1. The lowest BCUT2D eigenvalue weighted by molar-refractivity contribution is -0.0300. The number of rotatable bonds is 7. The largest absolute Gasteiger partial charge is 0.493 e. The Morgan fingerprint density at radius 3 is 2.87 bits per heavy atom. The highest BCUT2D eigenvalue weighted by Crippen LogP contribution is 2.37. The van der Waals surface area contributed by atoms with Crippen molar-refractivity contribution in [3.05, 3.63) is 22.2 Å². The molecule has 0 amide bonds. The van der Waals surface area contributed by atoms with Crippen molar-refractivity contribution in [2.24, 2.45) is 0 Å². The summed E-state index contributed by atoms with van der Waals surface area (Å²) in [7, 11) is 1.55. The highest BCUT2D eigenvalue weighted by molar-refractivity contribution is 9.10. The molecule has 128 valence electrons. The Bertz CT molecular complexity index is 526. The zero-order valence-corrected chi connectivity index (χ0v) is 15.2. The molecular formula is C17H23BrO5. The number of halogens is 1. The molecule has 1 saturated heterocycles. The molecule has 0 spiro atoms. The fourth-order valence-corrected chi connectivity index (χ4v) is 2.93. The van der Waals surface area contributed by atoms with Crippen LogP contribution in [0.1, 0.15) is 43.0 Å². The Balaban J connectivity index is 2.03. The minimum Gasteiger partial charge on any atom is -0.493 e. The van der Waals surface area contributed by atoms with Gasteiger partial charge < -0.3 is 18.9 Å². The van der Waals surface area contributed by atoms with Crippen LogP contribution in [0.4, 0.5) is 0 Å². The summed E-state index contributed by atoms with van der Waals surface area (Å²) in [6.07, 6.45) is 4.02. The maximum atomic E-state index is 12.2. The quantitative estimate of drug-likeness (QED) is 0.663. The zero-order chi connectivity index (χ0) is 16.7. The fourth-order valence-electron chi connectivity index (χ4n) is 2.37. The van der Waals surface area contributed by atoms with Crippen LogP contribution in [0, 0.1) is 0 Å². The summed E-state index contributed by atoms with van der Waals surface area (Å²) in [6.45, 7) is 3.63. The third-order valence-electron chi connectivity index (χ3n) is 3.59. The van der Waals surface area contributed by atoms with E-state index in [9.17, 15) is 4.79 Å². The predicted molar refractivity (Wildman–Crippen MR) is 90.4 cm³/mol. The summed E-state index contributed by atoms with van der Waals surface area (Å²) >= 11 is 3.43. The zero-order valence-electron chi connectivity index (χ0n) is 13.6. The van der Waals surface area contributed by atoms with Crippen molar-refractivity contribution >= 4 is 21.9 Å². The third kappa shape index (κ3) is 5.11. The minimum absolute atomic E-state index is 0.00481. The minimum atomic E-state index is -0.389. The van der Waals surface area contributed by atoms with Gasteiger partial charge in [-0.1, -0.05) is 6.92 Å². The maximum Gasteiger partial charge on any atom is 0.338 e. The molecule has 1 heterocycles. The van der Waals surface area contributed by atoms with Crippen molar-refractivity contribution in [3.63, 3.8) is 0 Å². The van der Waals surface area contributed by atoms with Gasteiger partial charge in [-0.2, -0.15) is 0 Å². The summed E-state index contributed by atoms with van der Waals surface area (Å²) in [5.41, 5.74) is 0.424. The molecule has 1 aromatic rings. The van der Waals surface area contributed by atoms with E-state index in [2.05, 4.69) is 15.9 Å². The monoisotopic (exact) mass is 386 g/mol. The van der Waals surface area contributed by atoms with Gasteiger partial charge in [-0.15, -0.1) is 0 Å². The van der Waals surface area contributed by atoms with Gasteiger partial charge in [-0.3, -0.25) is 0 Å². The maximum absolute atomic E-state index is 12.2. The first-order valence-electron chi connectivity index (χ1n) is 7.94. The highest BCUT2D eigenvalue weighted by Gasteiger charge is 2.19. The fraction of sp³-hybridized carbons (Fsp3) is 0.588. The third-order valence-corrected chi connectivity index (χ3v) is 4.18. The Morgan fingerprint density at radius 1 is 1.39 bits per heavy atom. The van der Waals surface area contributed by atoms with Crippen LogP contribution >= 0.6 is 15.9 Å². The van der Waals surface area contributed by atoms with Gasteiger partial charge in [0.2, 0.25) is 0 Å². The highest BCUT2D eigenvalue weighted by atomic mass is 79.9. The normalized spacial score (nSPS) is 17.6. The van der Waals surface area contributed by atoms with Gasteiger partial charge in [-0.25, -0.2) is 4.79 Å². The molecule has 6 heteroatoms. The Hall–Kier alpha value is -1.27. The van der Waals surface area contributed by atoms with Crippen LogP contribution in [0.15, 0.2) is 16.6 Å². The molecular weight excluding hydrogens is 364 g/mol. The van der Waals surface area contributed by atoms with Gasteiger partial charge in [0, 0.05) is 6.61 Å². The molecule has 1 aliphatic rings. The summed E-state index contributed by atoms with van der Waals surface area (Å²) < 4.78 is 22.6. The molecule has 0 saturated carbocycles. The topological polar surface area (TPSA) is 54.0 Å². The molecule has 0 bridgehead atoms. The van der Waals surface area contributed by atoms with Crippen molar-refractivity contribution < 1.29 is 23.7 Å². The second-order valence-corrected chi connectivity index (χ2v) is 6.28.